The van der Waals surface area contributed by atoms with Crippen LogP contribution >= 0.6 is 0 Å². The van der Waals surface area contributed by atoms with Crippen molar-refractivity contribution in [2.24, 2.45) is 12.8 Å². The molecule has 0 radical (unpaired) electrons. The molecular weight excluding hydrogens is 634 g/mol. The summed E-state index contributed by atoms with van der Waals surface area (Å²) in [6.07, 6.45) is -0.918. The van der Waals surface area contributed by atoms with Crippen LogP contribution in [0.25, 0.3) is 11.0 Å². The first-order valence-corrected chi connectivity index (χ1v) is 15.7. The number of primary amides is 1. The van der Waals surface area contributed by atoms with E-state index in [1.807, 2.05) is 24.3 Å². The number of carbonyl (C=O) groups is 4. The van der Waals surface area contributed by atoms with E-state index < -0.39 is 36.1 Å². The number of aryl methyl sites for hydroxylation is 1. The maximum atomic E-state index is 12.9. The molecule has 14 heteroatoms. The highest BCUT2D eigenvalue weighted by molar-refractivity contribution is 6.00. The van der Waals surface area contributed by atoms with Gasteiger partial charge in [0.15, 0.2) is 0 Å². The number of hydrogen-bond acceptors (Lipinski definition) is 8. The molecular formula is C35H39N5O9. The number of rotatable bonds is 14. The van der Waals surface area contributed by atoms with Gasteiger partial charge in [0.1, 0.15) is 19.3 Å². The molecule has 0 spiro atoms. The monoisotopic (exact) mass is 673 g/mol. The van der Waals surface area contributed by atoms with Gasteiger partial charge in [0.2, 0.25) is 17.7 Å². The van der Waals surface area contributed by atoms with Crippen LogP contribution in [0.4, 0.5) is 4.79 Å². The standard InChI is InChI=1S/C35H39N5O9/c1-23(27(37-34(44)45)12-15-31(36)41)49-22-26-9-7-24(8-10-26)5-3-17-47-19-20-48-18-4-6-25-11-13-28-30(21-25)39(2)35(46)40(28)29-14-16-32(42)38-33(29)43/h7-11,13,21,23,27,29,37H,12,14-20,22H2,1-2H3,(H2,36,41)(H,44,45)(H,38,42,43)/t23-,27+,29?/m1/s1. The third-order valence-electron chi connectivity index (χ3n) is 7.84. The Morgan fingerprint density at radius 2 is 1.67 bits per heavy atom. The molecule has 5 N–H and O–H groups in total. The van der Waals surface area contributed by atoms with Crippen molar-refractivity contribution in [1.29, 1.82) is 0 Å². The van der Waals surface area contributed by atoms with Crippen molar-refractivity contribution in [3.05, 3.63) is 69.6 Å². The lowest BCUT2D eigenvalue weighted by Gasteiger charge is -2.24. The lowest BCUT2D eigenvalue weighted by Crippen LogP contribution is -2.44. The van der Waals surface area contributed by atoms with Crippen LogP contribution in [-0.4, -0.2) is 76.6 Å². The summed E-state index contributed by atoms with van der Waals surface area (Å²) >= 11 is 0. The Morgan fingerprint density at radius 3 is 2.31 bits per heavy atom. The van der Waals surface area contributed by atoms with Crippen molar-refractivity contribution in [3.8, 4) is 23.7 Å². The van der Waals surface area contributed by atoms with Crippen LogP contribution < -0.4 is 22.1 Å². The highest BCUT2D eigenvalue weighted by atomic mass is 16.5. The van der Waals surface area contributed by atoms with Gasteiger partial charge in [-0.05, 0) is 55.7 Å². The number of carbonyl (C=O) groups excluding carboxylic acids is 3. The summed E-state index contributed by atoms with van der Waals surface area (Å²) in [4.78, 5) is 59.0. The summed E-state index contributed by atoms with van der Waals surface area (Å²) in [6.45, 7) is 3.07. The number of imidazole rings is 1. The van der Waals surface area contributed by atoms with Gasteiger partial charge in [0.05, 0.1) is 43.0 Å². The van der Waals surface area contributed by atoms with Crippen LogP contribution in [-0.2, 0) is 42.2 Å². The molecule has 0 aliphatic carbocycles. The Labute approximate surface area is 282 Å². The number of fused-ring (bicyclic) bond motifs is 1. The molecule has 1 aliphatic rings. The van der Waals surface area contributed by atoms with Crippen LogP contribution in [0, 0.1) is 23.7 Å². The molecule has 3 aromatic rings. The van der Waals surface area contributed by atoms with Crippen LogP contribution in [0.2, 0.25) is 0 Å². The average Bonchev–Trinajstić information content (AvgIpc) is 3.31. The second-order valence-corrected chi connectivity index (χ2v) is 11.4. The van der Waals surface area contributed by atoms with Crippen molar-refractivity contribution < 1.29 is 38.5 Å². The lowest BCUT2D eigenvalue weighted by atomic mass is 10.1. The fourth-order valence-corrected chi connectivity index (χ4v) is 5.22. The molecule has 3 atom stereocenters. The summed E-state index contributed by atoms with van der Waals surface area (Å²) in [5, 5.41) is 13.7. The normalized spacial score (nSPS) is 15.3. The first-order chi connectivity index (χ1) is 23.5. The minimum atomic E-state index is -1.19. The average molecular weight is 674 g/mol. The number of carboxylic acid groups (broad SMARTS) is 1. The first-order valence-electron chi connectivity index (χ1n) is 15.7. The SMILES string of the molecule is C[C@@H](OCc1ccc(C#CCOCCOCC#Cc2ccc3c(c2)n(C)c(=O)n3C2CCC(=O)NC2=O)cc1)[C@H](CCC(N)=O)NC(=O)O. The van der Waals surface area contributed by atoms with Gasteiger partial charge in [-0.3, -0.25) is 28.8 Å². The summed E-state index contributed by atoms with van der Waals surface area (Å²) < 4.78 is 19.7. The van der Waals surface area contributed by atoms with E-state index in [-0.39, 0.29) is 57.1 Å². The van der Waals surface area contributed by atoms with Crippen molar-refractivity contribution in [1.82, 2.24) is 19.8 Å². The number of nitrogens with one attached hydrogen (secondary N) is 2. The van der Waals surface area contributed by atoms with Gasteiger partial charge in [-0.25, -0.2) is 9.59 Å². The molecule has 1 unspecified atom stereocenters. The second-order valence-electron chi connectivity index (χ2n) is 11.4. The summed E-state index contributed by atoms with van der Waals surface area (Å²) in [6, 6.07) is 11.4. The second kappa shape index (κ2) is 17.7. The zero-order valence-corrected chi connectivity index (χ0v) is 27.3. The molecule has 1 aromatic heterocycles. The Morgan fingerprint density at radius 1 is 1.02 bits per heavy atom. The highest BCUT2D eigenvalue weighted by Crippen LogP contribution is 2.23. The first kappa shape index (κ1) is 36.4. The number of imide groups is 1. The Kier molecular flexibility index (Phi) is 13.1. The molecule has 4 rings (SSSR count). The predicted molar refractivity (Wildman–Crippen MR) is 178 cm³/mol. The van der Waals surface area contributed by atoms with Gasteiger partial charge in [0, 0.05) is 31.0 Å². The third-order valence-corrected chi connectivity index (χ3v) is 7.84. The molecule has 1 fully saturated rings. The summed E-state index contributed by atoms with van der Waals surface area (Å²) in [5.41, 5.74) is 8.44. The number of piperidine rings is 1. The number of ether oxygens (including phenoxy) is 3. The topological polar surface area (TPSA) is 193 Å². The summed E-state index contributed by atoms with van der Waals surface area (Å²) in [5.74, 6) is 10.6. The van der Waals surface area contributed by atoms with Gasteiger partial charge in [0.25, 0.3) is 0 Å². The number of hydrogen-bond donors (Lipinski definition) is 4. The van der Waals surface area contributed by atoms with E-state index >= 15 is 0 Å². The van der Waals surface area contributed by atoms with Crippen molar-refractivity contribution in [2.45, 2.75) is 57.4 Å². The molecule has 258 valence electrons. The van der Waals surface area contributed by atoms with Crippen LogP contribution in [0.1, 0.15) is 55.3 Å². The predicted octanol–water partition coefficient (Wildman–Crippen LogP) is 1.56. The fraction of sp³-hybridized carbons (Fsp3) is 0.400. The van der Waals surface area contributed by atoms with Gasteiger partial charge in [-0.15, -0.1) is 0 Å². The molecule has 0 bridgehead atoms. The fourth-order valence-electron chi connectivity index (χ4n) is 5.22. The largest absolute Gasteiger partial charge is 0.465 e. The van der Waals surface area contributed by atoms with E-state index in [1.54, 1.807) is 32.2 Å². The molecule has 49 heavy (non-hydrogen) atoms. The van der Waals surface area contributed by atoms with Gasteiger partial charge in [-0.2, -0.15) is 0 Å². The van der Waals surface area contributed by atoms with Gasteiger partial charge in [-0.1, -0.05) is 35.8 Å². The van der Waals surface area contributed by atoms with Crippen molar-refractivity contribution in [3.63, 3.8) is 0 Å². The van der Waals surface area contributed by atoms with Crippen LogP contribution in [0.3, 0.4) is 0 Å². The van der Waals surface area contributed by atoms with Crippen LogP contribution in [0.5, 0.6) is 0 Å². The Balaban J connectivity index is 1.15. The van der Waals surface area contributed by atoms with Crippen molar-refractivity contribution in [2.75, 3.05) is 26.4 Å². The third kappa shape index (κ3) is 10.5. The van der Waals surface area contributed by atoms with E-state index in [4.69, 9.17) is 25.1 Å². The number of nitrogens with two attached hydrogens (primary N) is 1. The smallest absolute Gasteiger partial charge is 0.404 e. The van der Waals surface area contributed by atoms with Gasteiger partial charge >= 0.3 is 11.8 Å². The number of amides is 4. The maximum Gasteiger partial charge on any atom is 0.404 e. The zero-order valence-electron chi connectivity index (χ0n) is 27.3. The molecule has 1 saturated heterocycles. The molecule has 4 amide bonds. The zero-order chi connectivity index (χ0) is 35.3. The molecule has 14 nitrogen and oxygen atoms in total. The Bertz CT molecular complexity index is 1860. The lowest BCUT2D eigenvalue weighted by molar-refractivity contribution is -0.135. The van der Waals surface area contributed by atoms with Gasteiger partial charge < -0.3 is 30.4 Å². The highest BCUT2D eigenvalue weighted by Gasteiger charge is 2.31. The molecule has 2 heterocycles. The molecule has 0 saturated carbocycles. The van der Waals surface area contributed by atoms with Crippen LogP contribution in [0.15, 0.2) is 47.3 Å². The minimum Gasteiger partial charge on any atom is -0.465 e. The molecule has 1 aliphatic heterocycles. The van der Waals surface area contributed by atoms with E-state index in [1.165, 1.54) is 9.13 Å². The Hall–Kier alpha value is -5.41. The van der Waals surface area contributed by atoms with Crippen molar-refractivity contribution >= 4 is 34.8 Å². The quantitative estimate of drug-likeness (QED) is 0.112. The number of nitrogens with zero attached hydrogens (tertiary/aromatic N) is 2. The van der Waals surface area contributed by atoms with E-state index in [0.717, 1.165) is 11.1 Å². The van der Waals surface area contributed by atoms with E-state index in [9.17, 15) is 24.0 Å². The maximum absolute atomic E-state index is 12.9. The van der Waals surface area contributed by atoms with E-state index in [0.29, 0.717) is 29.8 Å². The number of aromatic nitrogens is 2. The molecule has 2 aromatic carbocycles. The minimum absolute atomic E-state index is 0.0513. The number of benzene rings is 2. The van der Waals surface area contributed by atoms with E-state index in [2.05, 4.69) is 34.3 Å². The summed E-state index contributed by atoms with van der Waals surface area (Å²) in [7, 11) is 1.63.